The van der Waals surface area contributed by atoms with Crippen LogP contribution < -0.4 is 5.32 Å². The van der Waals surface area contributed by atoms with E-state index in [1.807, 2.05) is 0 Å². The van der Waals surface area contributed by atoms with E-state index in [4.69, 9.17) is 5.11 Å². The Morgan fingerprint density at radius 3 is 2.85 bits per heavy atom. The lowest BCUT2D eigenvalue weighted by Gasteiger charge is -2.05. The van der Waals surface area contributed by atoms with E-state index in [0.29, 0.717) is 11.1 Å². The van der Waals surface area contributed by atoms with Gasteiger partial charge in [0.25, 0.3) is 5.91 Å². The minimum absolute atomic E-state index is 0.0522. The van der Waals surface area contributed by atoms with E-state index in [2.05, 4.69) is 22.1 Å². The highest BCUT2D eigenvalue weighted by Crippen LogP contribution is 2.01. The van der Waals surface area contributed by atoms with Gasteiger partial charge in [0.2, 0.25) is 0 Å². The molecule has 1 aromatic rings. The predicted octanol–water partition coefficient (Wildman–Crippen LogP) is -0.410. The summed E-state index contributed by atoms with van der Waals surface area (Å²) in [6.45, 7) is 1.34. The van der Waals surface area contributed by atoms with Gasteiger partial charge in [0.05, 0.1) is 11.3 Å². The Kier molecular flexibility index (Phi) is 6.15. The summed E-state index contributed by atoms with van der Waals surface area (Å²) >= 11 is 0. The molecule has 0 radical (unpaired) electrons. The number of sulfone groups is 1. The van der Waals surface area contributed by atoms with Gasteiger partial charge in [0.15, 0.2) is 9.84 Å². The third-order valence-corrected chi connectivity index (χ3v) is 4.16. The Hall–Kier alpha value is -1.91. The molecule has 0 aromatic carbocycles. The van der Waals surface area contributed by atoms with Gasteiger partial charge in [-0.3, -0.25) is 9.78 Å². The molecule has 0 atom stereocenters. The first-order chi connectivity index (χ1) is 9.48. The number of amides is 1. The normalized spacial score (nSPS) is 10.5. The van der Waals surface area contributed by atoms with Crippen molar-refractivity contribution in [2.45, 2.75) is 6.92 Å². The average molecular weight is 296 g/mol. The van der Waals surface area contributed by atoms with Crippen molar-refractivity contribution in [2.75, 3.05) is 24.7 Å². The first kappa shape index (κ1) is 16.1. The van der Waals surface area contributed by atoms with Crippen LogP contribution in [0.25, 0.3) is 0 Å². The molecule has 0 unspecified atom stereocenters. The van der Waals surface area contributed by atoms with Crippen molar-refractivity contribution in [1.82, 2.24) is 10.3 Å². The van der Waals surface area contributed by atoms with E-state index in [1.54, 1.807) is 6.92 Å². The molecule has 0 bridgehead atoms. The maximum Gasteiger partial charge on any atom is 0.252 e. The summed E-state index contributed by atoms with van der Waals surface area (Å²) in [4.78, 5) is 15.7. The second kappa shape index (κ2) is 7.62. The number of rotatable bonds is 5. The van der Waals surface area contributed by atoms with Crippen molar-refractivity contribution in [3.8, 4) is 11.8 Å². The lowest BCUT2D eigenvalue weighted by molar-refractivity contribution is 0.0955. The lowest BCUT2D eigenvalue weighted by Crippen LogP contribution is -2.29. The van der Waals surface area contributed by atoms with E-state index in [0.717, 1.165) is 0 Å². The molecule has 0 spiro atoms. The summed E-state index contributed by atoms with van der Waals surface area (Å²) in [5.74, 6) is 4.65. The fourth-order valence-corrected chi connectivity index (χ4v) is 2.04. The van der Waals surface area contributed by atoms with Gasteiger partial charge in [-0.15, -0.1) is 0 Å². The van der Waals surface area contributed by atoms with Crippen LogP contribution >= 0.6 is 0 Å². The zero-order valence-electron chi connectivity index (χ0n) is 11.1. The van der Waals surface area contributed by atoms with E-state index < -0.39 is 15.7 Å². The SMILES string of the molecule is CCS(=O)(=O)CCNC(=O)c1cncc(C#CCO)c1. The number of aromatic nitrogens is 1. The molecular formula is C13H16N2O4S. The van der Waals surface area contributed by atoms with Gasteiger partial charge in [0.1, 0.15) is 6.61 Å². The van der Waals surface area contributed by atoms with Gasteiger partial charge in [0, 0.05) is 30.3 Å². The van der Waals surface area contributed by atoms with Gasteiger partial charge < -0.3 is 10.4 Å². The van der Waals surface area contributed by atoms with Gasteiger partial charge >= 0.3 is 0 Å². The molecule has 0 aliphatic carbocycles. The fraction of sp³-hybridized carbons (Fsp3) is 0.385. The van der Waals surface area contributed by atoms with E-state index in [-0.39, 0.29) is 24.7 Å². The zero-order valence-corrected chi connectivity index (χ0v) is 11.9. The van der Waals surface area contributed by atoms with E-state index >= 15 is 0 Å². The van der Waals surface area contributed by atoms with Crippen LogP contribution in [0, 0.1) is 11.8 Å². The Morgan fingerprint density at radius 1 is 1.45 bits per heavy atom. The van der Waals surface area contributed by atoms with Gasteiger partial charge in [-0.25, -0.2) is 8.42 Å². The number of carbonyl (C=O) groups excluding carboxylic acids is 1. The van der Waals surface area contributed by atoms with Crippen LogP contribution in [0.4, 0.5) is 0 Å². The molecule has 1 aromatic heterocycles. The molecule has 0 saturated heterocycles. The topological polar surface area (TPSA) is 96.4 Å². The molecule has 6 nitrogen and oxygen atoms in total. The van der Waals surface area contributed by atoms with Crippen LogP contribution in [0.1, 0.15) is 22.8 Å². The molecule has 0 aliphatic heterocycles. The van der Waals surface area contributed by atoms with Crippen LogP contribution in [0.15, 0.2) is 18.5 Å². The maximum atomic E-state index is 11.8. The third-order valence-electron chi connectivity index (χ3n) is 2.45. The van der Waals surface area contributed by atoms with Gasteiger partial charge in [-0.2, -0.15) is 0 Å². The predicted molar refractivity (Wildman–Crippen MR) is 74.9 cm³/mol. The molecule has 7 heteroatoms. The lowest BCUT2D eigenvalue weighted by atomic mass is 10.2. The van der Waals surface area contributed by atoms with Crippen LogP contribution in [0.5, 0.6) is 0 Å². The molecule has 0 aliphatic rings. The number of nitrogens with one attached hydrogen (secondary N) is 1. The molecule has 108 valence electrons. The molecule has 2 N–H and O–H groups in total. The molecule has 1 amide bonds. The summed E-state index contributed by atoms with van der Waals surface area (Å²) < 4.78 is 22.6. The number of aliphatic hydroxyl groups excluding tert-OH is 1. The number of carbonyl (C=O) groups is 1. The van der Waals surface area contributed by atoms with Gasteiger partial charge in [-0.05, 0) is 6.07 Å². The monoisotopic (exact) mass is 296 g/mol. The van der Waals surface area contributed by atoms with Crippen LogP contribution in [-0.4, -0.2) is 49.1 Å². The van der Waals surface area contributed by atoms with Gasteiger partial charge in [-0.1, -0.05) is 18.8 Å². The minimum Gasteiger partial charge on any atom is -0.384 e. The van der Waals surface area contributed by atoms with Crippen LogP contribution in [-0.2, 0) is 9.84 Å². The van der Waals surface area contributed by atoms with Crippen molar-refractivity contribution in [1.29, 1.82) is 0 Å². The highest BCUT2D eigenvalue weighted by Gasteiger charge is 2.10. The molecule has 20 heavy (non-hydrogen) atoms. The Morgan fingerprint density at radius 2 is 2.20 bits per heavy atom. The first-order valence-electron chi connectivity index (χ1n) is 6.02. The zero-order chi connectivity index (χ0) is 15.0. The first-order valence-corrected chi connectivity index (χ1v) is 7.84. The van der Waals surface area contributed by atoms with Crippen molar-refractivity contribution >= 4 is 15.7 Å². The molecule has 0 saturated carbocycles. The minimum atomic E-state index is -3.10. The fourth-order valence-electron chi connectivity index (χ4n) is 1.34. The maximum absolute atomic E-state index is 11.8. The number of aliphatic hydroxyl groups is 1. The Labute approximate surface area is 118 Å². The summed E-state index contributed by atoms with van der Waals surface area (Å²) in [5, 5.41) is 11.1. The summed E-state index contributed by atoms with van der Waals surface area (Å²) in [6, 6.07) is 1.53. The van der Waals surface area contributed by atoms with E-state index in [9.17, 15) is 13.2 Å². The smallest absolute Gasteiger partial charge is 0.252 e. The second-order valence-corrected chi connectivity index (χ2v) is 6.39. The summed E-state index contributed by atoms with van der Waals surface area (Å²) in [5.41, 5.74) is 0.802. The van der Waals surface area contributed by atoms with E-state index in [1.165, 1.54) is 18.5 Å². The third kappa shape index (κ3) is 5.38. The van der Waals surface area contributed by atoms with Crippen molar-refractivity contribution in [2.24, 2.45) is 0 Å². The van der Waals surface area contributed by atoms with Crippen molar-refractivity contribution in [3.05, 3.63) is 29.6 Å². The molecule has 1 rings (SSSR count). The highest BCUT2D eigenvalue weighted by molar-refractivity contribution is 7.91. The molecule has 1 heterocycles. The largest absolute Gasteiger partial charge is 0.384 e. The second-order valence-electron chi connectivity index (χ2n) is 3.91. The number of hydrogen-bond acceptors (Lipinski definition) is 5. The van der Waals surface area contributed by atoms with Crippen molar-refractivity contribution in [3.63, 3.8) is 0 Å². The number of hydrogen-bond donors (Lipinski definition) is 2. The summed E-state index contributed by atoms with van der Waals surface area (Å²) in [7, 11) is -3.10. The van der Waals surface area contributed by atoms with Crippen molar-refractivity contribution < 1.29 is 18.3 Å². The number of nitrogens with zero attached hydrogens (tertiary/aromatic N) is 1. The molecule has 0 fully saturated rings. The van der Waals surface area contributed by atoms with Crippen LogP contribution in [0.2, 0.25) is 0 Å². The quantitative estimate of drug-likeness (QED) is 0.720. The average Bonchev–Trinajstić information content (AvgIpc) is 2.45. The Bertz CT molecular complexity index is 629. The molecular weight excluding hydrogens is 280 g/mol. The highest BCUT2D eigenvalue weighted by atomic mass is 32.2. The Balaban J connectivity index is 2.64. The standard InChI is InChI=1S/C13H16N2O4S/c1-2-20(18,19)7-5-15-13(17)12-8-11(4-3-6-16)9-14-10-12/h8-10,16H,2,5-7H2,1H3,(H,15,17). The van der Waals surface area contributed by atoms with Crippen LogP contribution in [0.3, 0.4) is 0 Å². The number of pyridine rings is 1. The summed E-state index contributed by atoms with van der Waals surface area (Å²) in [6.07, 6.45) is 2.84.